The fourth-order valence-corrected chi connectivity index (χ4v) is 3.06. The average Bonchev–Trinajstić information content (AvgIpc) is 3.11. The van der Waals surface area contributed by atoms with Crippen molar-refractivity contribution in [3.63, 3.8) is 0 Å². The van der Waals surface area contributed by atoms with Crippen LogP contribution in [-0.2, 0) is 17.8 Å². The van der Waals surface area contributed by atoms with E-state index in [9.17, 15) is 0 Å². The molecule has 0 spiro atoms. The molecule has 1 aliphatic carbocycles. The van der Waals surface area contributed by atoms with E-state index in [4.69, 9.17) is 4.74 Å². The smallest absolute Gasteiger partial charge is 0.0589 e. The molecule has 1 heterocycles. The summed E-state index contributed by atoms with van der Waals surface area (Å²) in [5.41, 5.74) is 0. The minimum Gasteiger partial charge on any atom is -0.383 e. The quantitative estimate of drug-likeness (QED) is 0.754. The normalized spacial score (nSPS) is 15.6. The highest BCUT2D eigenvalue weighted by molar-refractivity contribution is 7.11. The Bertz CT molecular complexity index is 374. The van der Waals surface area contributed by atoms with Gasteiger partial charge >= 0.3 is 0 Å². The summed E-state index contributed by atoms with van der Waals surface area (Å²) in [5, 5.41) is 3.57. The molecule has 19 heavy (non-hydrogen) atoms. The summed E-state index contributed by atoms with van der Waals surface area (Å²) in [4.78, 5) is 5.38. The van der Waals surface area contributed by atoms with Crippen molar-refractivity contribution in [3.05, 3.63) is 21.9 Å². The van der Waals surface area contributed by atoms with Crippen LogP contribution in [0.25, 0.3) is 0 Å². The molecule has 1 aliphatic rings. The lowest BCUT2D eigenvalue weighted by Gasteiger charge is -2.25. The van der Waals surface area contributed by atoms with E-state index >= 15 is 0 Å². The molecule has 0 amide bonds. The number of thiophene rings is 1. The first-order valence-corrected chi connectivity index (χ1v) is 8.04. The largest absolute Gasteiger partial charge is 0.383 e. The van der Waals surface area contributed by atoms with Crippen molar-refractivity contribution in [1.29, 1.82) is 0 Å². The molecule has 0 radical (unpaired) electrons. The van der Waals surface area contributed by atoms with Crippen molar-refractivity contribution in [3.8, 4) is 0 Å². The third kappa shape index (κ3) is 5.22. The van der Waals surface area contributed by atoms with E-state index in [-0.39, 0.29) is 0 Å². The molecule has 0 aromatic carbocycles. The first-order valence-electron chi connectivity index (χ1n) is 7.23. The summed E-state index contributed by atoms with van der Waals surface area (Å²) in [6, 6.07) is 5.89. The Morgan fingerprint density at radius 1 is 1.37 bits per heavy atom. The van der Waals surface area contributed by atoms with Crippen LogP contribution < -0.4 is 5.32 Å². The Morgan fingerprint density at radius 3 is 2.74 bits per heavy atom. The molecule has 0 unspecified atom stereocenters. The van der Waals surface area contributed by atoms with Gasteiger partial charge in [0.05, 0.1) is 6.61 Å². The van der Waals surface area contributed by atoms with E-state index in [2.05, 4.69) is 36.2 Å². The minimum atomic E-state index is 0.560. The highest BCUT2D eigenvalue weighted by Crippen LogP contribution is 2.22. The van der Waals surface area contributed by atoms with E-state index in [0.717, 1.165) is 32.3 Å². The van der Waals surface area contributed by atoms with Crippen LogP contribution in [0.3, 0.4) is 0 Å². The molecule has 0 bridgehead atoms. The molecule has 1 fully saturated rings. The van der Waals surface area contributed by atoms with Crippen molar-refractivity contribution in [2.24, 2.45) is 0 Å². The SMILES string of the molecule is COCCN(Cc1ccc(CNC2CC2)s1)C(C)C. The molecule has 1 N–H and O–H groups in total. The van der Waals surface area contributed by atoms with Gasteiger partial charge in [0.15, 0.2) is 0 Å². The molecule has 0 atom stereocenters. The van der Waals surface area contributed by atoms with Crippen molar-refractivity contribution in [2.45, 2.75) is 51.9 Å². The average molecular weight is 282 g/mol. The fourth-order valence-electron chi connectivity index (χ4n) is 2.06. The van der Waals surface area contributed by atoms with Crippen LogP contribution in [0.1, 0.15) is 36.4 Å². The summed E-state index contributed by atoms with van der Waals surface area (Å²) in [6.45, 7) is 8.38. The fraction of sp³-hybridized carbons (Fsp3) is 0.733. The van der Waals surface area contributed by atoms with Gasteiger partial charge in [0.25, 0.3) is 0 Å². The van der Waals surface area contributed by atoms with Crippen LogP contribution in [0.15, 0.2) is 12.1 Å². The van der Waals surface area contributed by atoms with Gasteiger partial charge in [-0.3, -0.25) is 4.90 Å². The zero-order valence-electron chi connectivity index (χ0n) is 12.3. The van der Waals surface area contributed by atoms with Gasteiger partial charge in [-0.1, -0.05) is 0 Å². The molecule has 2 rings (SSSR count). The molecule has 3 nitrogen and oxygen atoms in total. The van der Waals surface area contributed by atoms with Crippen LogP contribution in [-0.4, -0.2) is 37.2 Å². The van der Waals surface area contributed by atoms with Crippen molar-refractivity contribution >= 4 is 11.3 Å². The summed E-state index contributed by atoms with van der Waals surface area (Å²) in [5.74, 6) is 0. The highest BCUT2D eigenvalue weighted by Gasteiger charge is 2.20. The Kier molecular flexibility index (Phi) is 5.82. The molecule has 0 aliphatic heterocycles. The summed E-state index contributed by atoms with van der Waals surface area (Å²) >= 11 is 1.94. The topological polar surface area (TPSA) is 24.5 Å². The second-order valence-corrected chi connectivity index (χ2v) is 6.83. The molecule has 1 aromatic heterocycles. The molecule has 108 valence electrons. The third-order valence-corrected chi connectivity index (χ3v) is 4.60. The van der Waals surface area contributed by atoms with Crippen LogP contribution in [0, 0.1) is 0 Å². The number of hydrogen-bond acceptors (Lipinski definition) is 4. The number of methoxy groups -OCH3 is 1. The molecular formula is C15H26N2OS. The number of ether oxygens (including phenoxy) is 1. The predicted octanol–water partition coefficient (Wildman–Crippen LogP) is 2.86. The predicted molar refractivity (Wildman–Crippen MR) is 81.6 cm³/mol. The molecule has 4 heteroatoms. The number of nitrogens with one attached hydrogen (secondary N) is 1. The Balaban J connectivity index is 1.81. The Morgan fingerprint density at radius 2 is 2.11 bits per heavy atom. The van der Waals surface area contributed by atoms with Gasteiger partial charge in [0, 0.05) is 48.6 Å². The zero-order valence-corrected chi connectivity index (χ0v) is 13.1. The van der Waals surface area contributed by atoms with Crippen LogP contribution >= 0.6 is 11.3 Å². The van der Waals surface area contributed by atoms with E-state index in [1.165, 1.54) is 22.6 Å². The minimum absolute atomic E-state index is 0.560. The van der Waals surface area contributed by atoms with E-state index in [0.29, 0.717) is 6.04 Å². The molecule has 1 saturated carbocycles. The summed E-state index contributed by atoms with van der Waals surface area (Å²) < 4.78 is 5.19. The van der Waals surface area contributed by atoms with E-state index in [1.807, 2.05) is 11.3 Å². The lowest BCUT2D eigenvalue weighted by molar-refractivity contribution is 0.125. The first kappa shape index (κ1) is 15.0. The van der Waals surface area contributed by atoms with Gasteiger partial charge in [-0.05, 0) is 38.8 Å². The monoisotopic (exact) mass is 282 g/mol. The Hall–Kier alpha value is -0.420. The standard InChI is InChI=1S/C15H26N2OS/c1-12(2)17(8-9-18-3)11-15-7-6-14(19-15)10-16-13-4-5-13/h6-7,12-13,16H,4-5,8-11H2,1-3H3. The maximum atomic E-state index is 5.19. The van der Waals surface area contributed by atoms with Crippen LogP contribution in [0.5, 0.6) is 0 Å². The third-order valence-electron chi connectivity index (χ3n) is 3.53. The van der Waals surface area contributed by atoms with Crippen LogP contribution in [0.4, 0.5) is 0 Å². The zero-order chi connectivity index (χ0) is 13.7. The number of nitrogens with zero attached hydrogens (tertiary/aromatic N) is 1. The highest BCUT2D eigenvalue weighted by atomic mass is 32.1. The van der Waals surface area contributed by atoms with Gasteiger partial charge in [0.2, 0.25) is 0 Å². The summed E-state index contributed by atoms with van der Waals surface area (Å²) in [7, 11) is 1.77. The maximum absolute atomic E-state index is 5.19. The number of hydrogen-bond donors (Lipinski definition) is 1. The van der Waals surface area contributed by atoms with Crippen LogP contribution in [0.2, 0.25) is 0 Å². The maximum Gasteiger partial charge on any atom is 0.0589 e. The van der Waals surface area contributed by atoms with Gasteiger partial charge in [-0.25, -0.2) is 0 Å². The lowest BCUT2D eigenvalue weighted by atomic mass is 10.3. The van der Waals surface area contributed by atoms with Crippen molar-refractivity contribution in [2.75, 3.05) is 20.3 Å². The van der Waals surface area contributed by atoms with Gasteiger partial charge < -0.3 is 10.1 Å². The second kappa shape index (κ2) is 7.39. The van der Waals surface area contributed by atoms with Gasteiger partial charge in [-0.15, -0.1) is 11.3 Å². The number of rotatable bonds is 9. The first-order chi connectivity index (χ1) is 9.19. The van der Waals surface area contributed by atoms with E-state index < -0.39 is 0 Å². The lowest BCUT2D eigenvalue weighted by Crippen LogP contribution is -2.32. The van der Waals surface area contributed by atoms with Crippen molar-refractivity contribution < 1.29 is 4.74 Å². The van der Waals surface area contributed by atoms with Crippen molar-refractivity contribution in [1.82, 2.24) is 10.2 Å². The van der Waals surface area contributed by atoms with E-state index in [1.54, 1.807) is 7.11 Å². The Labute approximate surface area is 121 Å². The van der Waals surface area contributed by atoms with Gasteiger partial charge in [0.1, 0.15) is 0 Å². The summed E-state index contributed by atoms with van der Waals surface area (Å²) in [6.07, 6.45) is 2.72. The van der Waals surface area contributed by atoms with Gasteiger partial charge in [-0.2, -0.15) is 0 Å². The molecular weight excluding hydrogens is 256 g/mol. The molecule has 0 saturated heterocycles. The molecule has 1 aromatic rings. The second-order valence-electron chi connectivity index (χ2n) is 5.58.